The second-order valence-corrected chi connectivity index (χ2v) is 6.51. The van der Waals surface area contributed by atoms with Gasteiger partial charge in [-0.2, -0.15) is 0 Å². The Balaban J connectivity index is 1.72. The van der Waals surface area contributed by atoms with Crippen molar-refractivity contribution >= 4 is 23.5 Å². The van der Waals surface area contributed by atoms with Crippen LogP contribution < -0.4 is 0 Å². The van der Waals surface area contributed by atoms with Gasteiger partial charge in [-0.05, 0) is 17.7 Å². The van der Waals surface area contributed by atoms with Crippen LogP contribution in [0.5, 0.6) is 0 Å². The molecule has 2 unspecified atom stereocenters. The Hall–Kier alpha value is -0.560. The van der Waals surface area contributed by atoms with Gasteiger partial charge < -0.3 is 0 Å². The number of terminal acetylenes is 1. The van der Waals surface area contributed by atoms with Crippen molar-refractivity contribution in [2.75, 3.05) is 11.5 Å². The Morgan fingerprint density at radius 3 is 2.31 bits per heavy atom. The van der Waals surface area contributed by atoms with Crippen LogP contribution in [0.25, 0.3) is 0 Å². The van der Waals surface area contributed by atoms with E-state index in [0.717, 1.165) is 22.9 Å². The van der Waals surface area contributed by atoms with Crippen molar-refractivity contribution in [1.29, 1.82) is 0 Å². The fourth-order valence-electron chi connectivity index (χ4n) is 2.17. The van der Waals surface area contributed by atoms with Crippen LogP contribution in [0.4, 0.5) is 0 Å². The van der Waals surface area contributed by atoms with Gasteiger partial charge in [-0.3, -0.25) is 4.90 Å². The van der Waals surface area contributed by atoms with Crippen molar-refractivity contribution in [3.63, 3.8) is 0 Å². The topological polar surface area (TPSA) is 3.24 Å². The lowest BCUT2D eigenvalue weighted by Crippen LogP contribution is -2.27. The number of nitrogens with zero attached hydrogens (tertiary/aromatic N) is 1. The highest BCUT2D eigenvalue weighted by molar-refractivity contribution is 8.07. The fraction of sp³-hybridized carbons (Fsp3) is 0.385. The standard InChI is InChI=1S/C13H13NS2/c1-2-10-3-5-11(6-4-10)7-14-12-8-15-13(14)9-16-12/h1,3-6,12-13H,7-9H2. The summed E-state index contributed by atoms with van der Waals surface area (Å²) in [5, 5.41) is 1.48. The maximum absolute atomic E-state index is 5.35. The van der Waals surface area contributed by atoms with Crippen LogP contribution >= 0.6 is 23.5 Å². The predicted octanol–water partition coefficient (Wildman–Crippen LogP) is 2.62. The molecule has 2 bridgehead atoms. The number of hydrogen-bond acceptors (Lipinski definition) is 3. The van der Waals surface area contributed by atoms with E-state index >= 15 is 0 Å². The zero-order chi connectivity index (χ0) is 11.0. The van der Waals surface area contributed by atoms with Crippen molar-refractivity contribution < 1.29 is 0 Å². The van der Waals surface area contributed by atoms with Gasteiger partial charge in [-0.15, -0.1) is 29.9 Å². The Kier molecular flexibility index (Phi) is 2.89. The van der Waals surface area contributed by atoms with Gasteiger partial charge in [0.2, 0.25) is 0 Å². The van der Waals surface area contributed by atoms with Crippen LogP contribution in [0.15, 0.2) is 24.3 Å². The molecule has 1 aromatic rings. The second kappa shape index (κ2) is 4.37. The molecule has 2 heterocycles. The summed E-state index contributed by atoms with van der Waals surface area (Å²) in [6.07, 6.45) is 5.35. The maximum Gasteiger partial charge on any atom is 0.0663 e. The van der Waals surface area contributed by atoms with Gasteiger partial charge >= 0.3 is 0 Å². The first kappa shape index (κ1) is 10.6. The van der Waals surface area contributed by atoms with Gasteiger partial charge in [0.15, 0.2) is 0 Å². The molecule has 16 heavy (non-hydrogen) atoms. The van der Waals surface area contributed by atoms with Crippen molar-refractivity contribution in [2.24, 2.45) is 0 Å². The Labute approximate surface area is 105 Å². The summed E-state index contributed by atoms with van der Waals surface area (Å²) in [5.74, 6) is 5.23. The van der Waals surface area contributed by atoms with Gasteiger partial charge in [0.1, 0.15) is 0 Å². The highest BCUT2D eigenvalue weighted by Crippen LogP contribution is 2.44. The first-order chi connectivity index (χ1) is 7.86. The van der Waals surface area contributed by atoms with E-state index in [-0.39, 0.29) is 0 Å². The van der Waals surface area contributed by atoms with E-state index in [1.54, 1.807) is 0 Å². The smallest absolute Gasteiger partial charge is 0.0663 e. The third-order valence-corrected chi connectivity index (χ3v) is 6.17. The molecule has 2 aliphatic rings. The molecule has 2 saturated heterocycles. The average Bonchev–Trinajstić information content (AvgIpc) is 2.90. The summed E-state index contributed by atoms with van der Waals surface area (Å²) in [4.78, 5) is 2.61. The minimum atomic E-state index is 0.738. The number of thioether (sulfide) groups is 2. The van der Waals surface area contributed by atoms with Crippen LogP contribution in [0.2, 0.25) is 0 Å². The van der Waals surface area contributed by atoms with Crippen LogP contribution in [-0.4, -0.2) is 27.2 Å². The largest absolute Gasteiger partial charge is 0.274 e. The second-order valence-electron chi connectivity index (χ2n) is 4.09. The Bertz CT molecular complexity index is 401. The Morgan fingerprint density at radius 2 is 1.81 bits per heavy atom. The van der Waals surface area contributed by atoms with E-state index < -0.39 is 0 Å². The first-order valence-corrected chi connectivity index (χ1v) is 7.51. The molecular formula is C13H13NS2. The lowest BCUT2D eigenvalue weighted by atomic mass is 10.1. The summed E-state index contributed by atoms with van der Waals surface area (Å²) >= 11 is 4.20. The molecule has 2 aliphatic heterocycles. The van der Waals surface area contributed by atoms with Crippen LogP contribution in [0.1, 0.15) is 11.1 Å². The highest BCUT2D eigenvalue weighted by Gasteiger charge is 2.40. The van der Waals surface area contributed by atoms with Gasteiger partial charge in [-0.25, -0.2) is 0 Å². The summed E-state index contributed by atoms with van der Waals surface area (Å²) in [7, 11) is 0. The van der Waals surface area contributed by atoms with Crippen molar-refractivity contribution in [2.45, 2.75) is 17.3 Å². The summed E-state index contributed by atoms with van der Waals surface area (Å²) in [5.41, 5.74) is 2.34. The molecule has 0 aromatic heterocycles. The minimum absolute atomic E-state index is 0.738. The van der Waals surface area contributed by atoms with E-state index in [0.29, 0.717) is 0 Å². The molecule has 0 N–H and O–H groups in total. The maximum atomic E-state index is 5.35. The van der Waals surface area contributed by atoms with E-state index in [1.807, 2.05) is 12.1 Å². The van der Waals surface area contributed by atoms with E-state index in [2.05, 4.69) is 46.5 Å². The van der Waals surface area contributed by atoms with Crippen molar-refractivity contribution in [3.05, 3.63) is 35.4 Å². The summed E-state index contributed by atoms with van der Waals surface area (Å²) in [6.45, 7) is 1.07. The third-order valence-electron chi connectivity index (χ3n) is 3.09. The van der Waals surface area contributed by atoms with Gasteiger partial charge in [0, 0.05) is 23.6 Å². The molecule has 2 atom stereocenters. The molecule has 0 saturated carbocycles. The summed E-state index contributed by atoms with van der Waals surface area (Å²) < 4.78 is 0. The fourth-order valence-corrected chi connectivity index (χ4v) is 5.47. The molecule has 0 spiro atoms. The Morgan fingerprint density at radius 1 is 1.19 bits per heavy atom. The zero-order valence-corrected chi connectivity index (χ0v) is 10.6. The average molecular weight is 247 g/mol. The minimum Gasteiger partial charge on any atom is -0.274 e. The van der Waals surface area contributed by atoms with E-state index in [1.165, 1.54) is 17.1 Å². The molecular weight excluding hydrogens is 234 g/mol. The monoisotopic (exact) mass is 247 g/mol. The lowest BCUT2D eigenvalue weighted by molar-refractivity contribution is 0.289. The molecule has 0 radical (unpaired) electrons. The van der Waals surface area contributed by atoms with Crippen molar-refractivity contribution in [3.8, 4) is 12.3 Å². The quantitative estimate of drug-likeness (QED) is 0.740. The van der Waals surface area contributed by atoms with Crippen LogP contribution in [0.3, 0.4) is 0 Å². The molecule has 3 heteroatoms. The van der Waals surface area contributed by atoms with Gasteiger partial charge in [0.05, 0.1) is 10.7 Å². The van der Waals surface area contributed by atoms with Gasteiger partial charge in [0.25, 0.3) is 0 Å². The van der Waals surface area contributed by atoms with E-state index in [4.69, 9.17) is 6.42 Å². The SMILES string of the molecule is C#Cc1ccc(CN2C3CSC2CS3)cc1. The van der Waals surface area contributed by atoms with Crippen LogP contribution in [0, 0.1) is 12.3 Å². The molecule has 0 amide bonds. The van der Waals surface area contributed by atoms with E-state index in [9.17, 15) is 0 Å². The normalized spacial score (nSPS) is 28.2. The zero-order valence-electron chi connectivity index (χ0n) is 8.93. The molecule has 1 aromatic carbocycles. The highest BCUT2D eigenvalue weighted by atomic mass is 32.2. The summed E-state index contributed by atoms with van der Waals surface area (Å²) in [6, 6.07) is 8.38. The predicted molar refractivity (Wildman–Crippen MR) is 72.4 cm³/mol. The first-order valence-electron chi connectivity index (χ1n) is 5.41. The number of hydrogen-bond donors (Lipinski definition) is 0. The number of fused-ring (bicyclic) bond motifs is 2. The molecule has 0 aliphatic carbocycles. The molecule has 82 valence electrons. The number of benzene rings is 1. The third kappa shape index (κ3) is 1.86. The number of rotatable bonds is 2. The molecule has 2 fully saturated rings. The molecule has 3 rings (SSSR count). The lowest BCUT2D eigenvalue weighted by Gasteiger charge is -2.19. The van der Waals surface area contributed by atoms with Gasteiger partial charge in [-0.1, -0.05) is 18.1 Å². The van der Waals surface area contributed by atoms with Crippen LogP contribution in [-0.2, 0) is 6.54 Å². The van der Waals surface area contributed by atoms with Crippen molar-refractivity contribution in [1.82, 2.24) is 4.90 Å². The molecule has 1 nitrogen and oxygen atoms in total.